The van der Waals surface area contributed by atoms with E-state index in [1.165, 1.54) is 5.56 Å². The summed E-state index contributed by atoms with van der Waals surface area (Å²) in [6, 6.07) is 16.0. The van der Waals surface area contributed by atoms with Crippen LogP contribution in [0.2, 0.25) is 0 Å². The molecule has 0 N–H and O–H groups in total. The first-order valence-electron chi connectivity index (χ1n) is 7.34. The highest BCUT2D eigenvalue weighted by atomic mass is 19.1. The lowest BCUT2D eigenvalue weighted by molar-refractivity contribution is 0.251. The fraction of sp³-hybridized carbons (Fsp3) is 0.278. The van der Waals surface area contributed by atoms with Crippen molar-refractivity contribution in [1.29, 1.82) is 0 Å². The van der Waals surface area contributed by atoms with Crippen LogP contribution >= 0.6 is 0 Å². The number of hydrogen-bond donors (Lipinski definition) is 0. The summed E-state index contributed by atoms with van der Waals surface area (Å²) in [5, 5.41) is 0. The third kappa shape index (κ3) is 3.76. The smallest absolute Gasteiger partial charge is 0.114 e. The Morgan fingerprint density at radius 3 is 2.57 bits per heavy atom. The van der Waals surface area contributed by atoms with Gasteiger partial charge in [0.25, 0.3) is 0 Å². The standard InChI is InChI=1S/C18H19FN2/c19-18-14-21(13-15-6-2-1-3-7-15)11-9-16(18)12-17-8-4-5-10-20-17/h1-8,10H,9,11-14H2. The van der Waals surface area contributed by atoms with Gasteiger partial charge in [0.15, 0.2) is 0 Å². The average molecular weight is 282 g/mol. The number of hydrogen-bond acceptors (Lipinski definition) is 2. The summed E-state index contributed by atoms with van der Waals surface area (Å²) in [5.74, 6) is 0.0165. The Balaban J connectivity index is 1.63. The van der Waals surface area contributed by atoms with Gasteiger partial charge in [-0.15, -0.1) is 0 Å². The lowest BCUT2D eigenvalue weighted by Crippen LogP contribution is -2.30. The van der Waals surface area contributed by atoms with Crippen LogP contribution in [0.5, 0.6) is 0 Å². The van der Waals surface area contributed by atoms with E-state index >= 15 is 0 Å². The van der Waals surface area contributed by atoms with Crippen molar-refractivity contribution in [3.63, 3.8) is 0 Å². The molecule has 0 saturated carbocycles. The van der Waals surface area contributed by atoms with E-state index in [0.717, 1.165) is 30.8 Å². The van der Waals surface area contributed by atoms with E-state index in [2.05, 4.69) is 22.0 Å². The van der Waals surface area contributed by atoms with E-state index in [0.29, 0.717) is 13.0 Å². The highest BCUT2D eigenvalue weighted by molar-refractivity contribution is 5.21. The second-order valence-corrected chi connectivity index (χ2v) is 5.45. The summed E-state index contributed by atoms with van der Waals surface area (Å²) in [4.78, 5) is 6.44. The topological polar surface area (TPSA) is 16.1 Å². The first kappa shape index (κ1) is 14.0. The van der Waals surface area contributed by atoms with Crippen LogP contribution in [0.25, 0.3) is 0 Å². The fourth-order valence-corrected chi connectivity index (χ4v) is 2.70. The Hall–Kier alpha value is -2.00. The molecule has 0 fully saturated rings. The summed E-state index contributed by atoms with van der Waals surface area (Å²) in [6.07, 6.45) is 3.18. The maximum Gasteiger partial charge on any atom is 0.114 e. The van der Waals surface area contributed by atoms with E-state index < -0.39 is 0 Å². The predicted octanol–water partition coefficient (Wildman–Crippen LogP) is 3.75. The number of benzene rings is 1. The third-order valence-electron chi connectivity index (χ3n) is 3.85. The Morgan fingerprint density at radius 2 is 1.86 bits per heavy atom. The maximum absolute atomic E-state index is 14.3. The normalized spacial score (nSPS) is 16.2. The molecule has 0 amide bonds. The minimum atomic E-state index is 0.0165. The average Bonchev–Trinajstić information content (AvgIpc) is 2.52. The Labute approximate surface area is 124 Å². The zero-order chi connectivity index (χ0) is 14.5. The molecule has 0 unspecified atom stereocenters. The van der Waals surface area contributed by atoms with Crippen molar-refractivity contribution in [1.82, 2.24) is 9.88 Å². The number of halogens is 1. The molecule has 2 nitrogen and oxygen atoms in total. The molecule has 2 heterocycles. The minimum absolute atomic E-state index is 0.0165. The van der Waals surface area contributed by atoms with E-state index in [9.17, 15) is 4.39 Å². The van der Waals surface area contributed by atoms with Crippen LogP contribution in [0.1, 0.15) is 17.7 Å². The van der Waals surface area contributed by atoms with Gasteiger partial charge in [0.2, 0.25) is 0 Å². The summed E-state index contributed by atoms with van der Waals surface area (Å²) >= 11 is 0. The van der Waals surface area contributed by atoms with Gasteiger partial charge < -0.3 is 0 Å². The molecule has 0 atom stereocenters. The summed E-state index contributed by atoms with van der Waals surface area (Å²) < 4.78 is 14.3. The second kappa shape index (κ2) is 6.64. The van der Waals surface area contributed by atoms with Crippen molar-refractivity contribution in [2.24, 2.45) is 0 Å². The van der Waals surface area contributed by atoms with Gasteiger partial charge in [0.05, 0.1) is 6.54 Å². The SMILES string of the molecule is FC1=C(Cc2ccccn2)CCN(Cc2ccccc2)C1. The molecule has 21 heavy (non-hydrogen) atoms. The number of aromatic nitrogens is 1. The van der Waals surface area contributed by atoms with Crippen molar-refractivity contribution in [2.45, 2.75) is 19.4 Å². The number of pyridine rings is 1. The Kier molecular flexibility index (Phi) is 4.41. The van der Waals surface area contributed by atoms with Crippen LogP contribution in [-0.4, -0.2) is 23.0 Å². The molecule has 1 aliphatic heterocycles. The van der Waals surface area contributed by atoms with Crippen molar-refractivity contribution < 1.29 is 4.39 Å². The molecule has 0 saturated heterocycles. The molecule has 0 bridgehead atoms. The molecule has 3 rings (SSSR count). The molecular formula is C18H19FN2. The molecule has 1 aliphatic rings. The zero-order valence-corrected chi connectivity index (χ0v) is 12.0. The fourth-order valence-electron chi connectivity index (χ4n) is 2.70. The van der Waals surface area contributed by atoms with Gasteiger partial charge in [-0.1, -0.05) is 36.4 Å². The van der Waals surface area contributed by atoms with E-state index in [1.54, 1.807) is 6.20 Å². The van der Waals surface area contributed by atoms with Gasteiger partial charge >= 0.3 is 0 Å². The van der Waals surface area contributed by atoms with E-state index in [4.69, 9.17) is 0 Å². The monoisotopic (exact) mass is 282 g/mol. The molecule has 3 heteroatoms. The Bertz CT molecular complexity index is 608. The first-order valence-corrected chi connectivity index (χ1v) is 7.34. The van der Waals surface area contributed by atoms with E-state index in [1.807, 2.05) is 36.4 Å². The van der Waals surface area contributed by atoms with Gasteiger partial charge in [-0.3, -0.25) is 9.88 Å². The molecule has 1 aromatic carbocycles. The first-order chi connectivity index (χ1) is 10.3. The van der Waals surface area contributed by atoms with Gasteiger partial charge in [-0.2, -0.15) is 0 Å². The molecule has 1 aromatic heterocycles. The molecular weight excluding hydrogens is 263 g/mol. The largest absolute Gasteiger partial charge is 0.292 e. The molecule has 0 aliphatic carbocycles. The predicted molar refractivity (Wildman–Crippen MR) is 82.4 cm³/mol. The van der Waals surface area contributed by atoms with E-state index in [-0.39, 0.29) is 5.83 Å². The van der Waals surface area contributed by atoms with Crippen molar-refractivity contribution in [3.05, 3.63) is 77.4 Å². The molecule has 108 valence electrons. The third-order valence-corrected chi connectivity index (χ3v) is 3.85. The number of rotatable bonds is 4. The van der Waals surface area contributed by atoms with Crippen LogP contribution in [0, 0.1) is 0 Å². The lowest BCUT2D eigenvalue weighted by Gasteiger charge is -2.27. The zero-order valence-electron chi connectivity index (χ0n) is 12.0. The second-order valence-electron chi connectivity index (χ2n) is 5.45. The molecule has 0 spiro atoms. The van der Waals surface area contributed by atoms with Gasteiger partial charge in [-0.25, -0.2) is 4.39 Å². The summed E-state index contributed by atoms with van der Waals surface area (Å²) in [5.41, 5.74) is 3.08. The van der Waals surface area contributed by atoms with Gasteiger partial charge in [0, 0.05) is 31.4 Å². The van der Waals surface area contributed by atoms with Crippen LogP contribution in [-0.2, 0) is 13.0 Å². The highest BCUT2D eigenvalue weighted by Crippen LogP contribution is 2.23. The highest BCUT2D eigenvalue weighted by Gasteiger charge is 2.19. The Morgan fingerprint density at radius 1 is 1.05 bits per heavy atom. The molecule has 2 aromatic rings. The van der Waals surface area contributed by atoms with Crippen molar-refractivity contribution >= 4 is 0 Å². The van der Waals surface area contributed by atoms with Crippen molar-refractivity contribution in [3.8, 4) is 0 Å². The summed E-state index contributed by atoms with van der Waals surface area (Å²) in [7, 11) is 0. The number of nitrogens with zero attached hydrogens (tertiary/aromatic N) is 2. The lowest BCUT2D eigenvalue weighted by atomic mass is 10.0. The van der Waals surface area contributed by atoms with Gasteiger partial charge in [-0.05, 0) is 29.7 Å². The quantitative estimate of drug-likeness (QED) is 0.849. The van der Waals surface area contributed by atoms with Crippen molar-refractivity contribution in [2.75, 3.05) is 13.1 Å². The minimum Gasteiger partial charge on any atom is -0.292 e. The summed E-state index contributed by atoms with van der Waals surface area (Å²) in [6.45, 7) is 2.13. The maximum atomic E-state index is 14.3. The van der Waals surface area contributed by atoms with Crippen LogP contribution < -0.4 is 0 Å². The van der Waals surface area contributed by atoms with Crippen LogP contribution in [0.15, 0.2) is 66.1 Å². The van der Waals surface area contributed by atoms with Crippen LogP contribution in [0.3, 0.4) is 0 Å². The van der Waals surface area contributed by atoms with Crippen LogP contribution in [0.4, 0.5) is 4.39 Å². The van der Waals surface area contributed by atoms with Gasteiger partial charge in [0.1, 0.15) is 5.83 Å². The molecule has 0 radical (unpaired) electrons.